The largest absolute Gasteiger partial charge is 0.356 e. The molecule has 0 aliphatic heterocycles. The molecular formula is C16H24N2O. The summed E-state index contributed by atoms with van der Waals surface area (Å²) in [5.41, 5.74) is 11.1. The number of aryl methyl sites for hydroxylation is 1. The maximum atomic E-state index is 11.8. The van der Waals surface area contributed by atoms with Crippen LogP contribution in [0.3, 0.4) is 0 Å². The summed E-state index contributed by atoms with van der Waals surface area (Å²) < 4.78 is 0. The van der Waals surface area contributed by atoms with Crippen molar-refractivity contribution in [3.63, 3.8) is 0 Å². The molecule has 1 aliphatic rings. The molecule has 0 spiro atoms. The predicted octanol–water partition coefficient (Wildman–Crippen LogP) is 2.01. The van der Waals surface area contributed by atoms with Crippen molar-refractivity contribution in [2.75, 3.05) is 6.54 Å². The summed E-state index contributed by atoms with van der Waals surface area (Å²) in [4.78, 5) is 11.8. The molecule has 1 aliphatic carbocycles. The lowest BCUT2D eigenvalue weighted by molar-refractivity contribution is -0.127. The SMILES string of the molecule is Cc1ccc(CCNC(=O)C2CC(N)C2)c(C)c1C. The van der Waals surface area contributed by atoms with Gasteiger partial charge in [-0.2, -0.15) is 0 Å². The Morgan fingerprint density at radius 1 is 1.26 bits per heavy atom. The van der Waals surface area contributed by atoms with E-state index in [0.29, 0.717) is 6.54 Å². The third-order valence-corrected chi connectivity index (χ3v) is 4.41. The molecule has 104 valence electrons. The van der Waals surface area contributed by atoms with Crippen LogP contribution in [0.25, 0.3) is 0 Å². The third kappa shape index (κ3) is 3.16. The van der Waals surface area contributed by atoms with Gasteiger partial charge in [-0.3, -0.25) is 4.79 Å². The van der Waals surface area contributed by atoms with Crippen LogP contribution in [-0.2, 0) is 11.2 Å². The molecule has 1 fully saturated rings. The fraction of sp³-hybridized carbons (Fsp3) is 0.562. The van der Waals surface area contributed by atoms with Crippen LogP contribution in [0, 0.1) is 26.7 Å². The van der Waals surface area contributed by atoms with E-state index in [9.17, 15) is 4.79 Å². The van der Waals surface area contributed by atoms with Gasteiger partial charge in [-0.05, 0) is 62.3 Å². The van der Waals surface area contributed by atoms with E-state index in [2.05, 4.69) is 38.2 Å². The van der Waals surface area contributed by atoms with Gasteiger partial charge in [-0.15, -0.1) is 0 Å². The second-order valence-electron chi connectivity index (χ2n) is 5.76. The Bertz CT molecular complexity index is 476. The highest BCUT2D eigenvalue weighted by Gasteiger charge is 2.31. The molecule has 3 N–H and O–H groups in total. The average molecular weight is 260 g/mol. The van der Waals surface area contributed by atoms with E-state index >= 15 is 0 Å². The lowest BCUT2D eigenvalue weighted by Gasteiger charge is -2.31. The molecule has 1 aromatic rings. The third-order valence-electron chi connectivity index (χ3n) is 4.41. The van der Waals surface area contributed by atoms with E-state index < -0.39 is 0 Å². The van der Waals surface area contributed by atoms with Gasteiger partial charge in [0.2, 0.25) is 5.91 Å². The van der Waals surface area contributed by atoms with E-state index in [1.165, 1.54) is 22.3 Å². The van der Waals surface area contributed by atoms with Gasteiger partial charge in [-0.1, -0.05) is 12.1 Å². The summed E-state index contributed by atoms with van der Waals surface area (Å²) in [6, 6.07) is 4.56. The number of amides is 1. The van der Waals surface area contributed by atoms with Gasteiger partial charge in [0.15, 0.2) is 0 Å². The number of nitrogens with one attached hydrogen (secondary N) is 1. The van der Waals surface area contributed by atoms with Gasteiger partial charge in [0.25, 0.3) is 0 Å². The number of carbonyl (C=O) groups is 1. The summed E-state index contributed by atoms with van der Waals surface area (Å²) in [7, 11) is 0. The van der Waals surface area contributed by atoms with Crippen LogP contribution in [0.4, 0.5) is 0 Å². The molecule has 0 aromatic heterocycles. The molecule has 19 heavy (non-hydrogen) atoms. The Kier molecular flexibility index (Phi) is 4.25. The van der Waals surface area contributed by atoms with Gasteiger partial charge in [0, 0.05) is 18.5 Å². The molecule has 1 amide bonds. The Morgan fingerprint density at radius 3 is 2.58 bits per heavy atom. The first kappa shape index (κ1) is 14.1. The maximum absolute atomic E-state index is 11.8. The molecule has 0 unspecified atom stereocenters. The smallest absolute Gasteiger partial charge is 0.223 e. The quantitative estimate of drug-likeness (QED) is 0.870. The summed E-state index contributed by atoms with van der Waals surface area (Å²) in [5, 5.41) is 3.02. The van der Waals surface area contributed by atoms with Crippen LogP contribution < -0.4 is 11.1 Å². The lowest BCUT2D eigenvalue weighted by Crippen LogP contribution is -2.45. The standard InChI is InChI=1S/C16H24N2O/c1-10-4-5-13(12(3)11(10)2)6-7-18-16(19)14-8-15(17)9-14/h4-5,14-15H,6-9,17H2,1-3H3,(H,18,19). The number of rotatable bonds is 4. The van der Waals surface area contributed by atoms with Crippen molar-refractivity contribution >= 4 is 5.91 Å². The Morgan fingerprint density at radius 2 is 1.95 bits per heavy atom. The molecule has 2 rings (SSSR count). The van der Waals surface area contributed by atoms with Crippen molar-refractivity contribution in [3.8, 4) is 0 Å². The number of benzene rings is 1. The summed E-state index contributed by atoms with van der Waals surface area (Å²) in [6.45, 7) is 7.16. The van der Waals surface area contributed by atoms with E-state index in [4.69, 9.17) is 5.73 Å². The monoisotopic (exact) mass is 260 g/mol. The van der Waals surface area contributed by atoms with Crippen molar-refractivity contribution < 1.29 is 4.79 Å². The highest BCUT2D eigenvalue weighted by molar-refractivity contribution is 5.79. The number of nitrogens with two attached hydrogens (primary N) is 1. The second kappa shape index (κ2) is 5.74. The van der Waals surface area contributed by atoms with Crippen LogP contribution in [0.5, 0.6) is 0 Å². The first-order valence-electron chi connectivity index (χ1n) is 7.08. The zero-order valence-electron chi connectivity index (χ0n) is 12.1. The van der Waals surface area contributed by atoms with Crippen LogP contribution in [0.15, 0.2) is 12.1 Å². The minimum atomic E-state index is 0.149. The molecule has 1 saturated carbocycles. The van der Waals surface area contributed by atoms with Crippen molar-refractivity contribution in [3.05, 3.63) is 34.4 Å². The topological polar surface area (TPSA) is 55.1 Å². The molecule has 3 heteroatoms. The lowest BCUT2D eigenvalue weighted by atomic mass is 9.80. The minimum absolute atomic E-state index is 0.149. The van der Waals surface area contributed by atoms with Crippen LogP contribution in [0.1, 0.15) is 35.1 Å². The molecule has 0 bridgehead atoms. The zero-order chi connectivity index (χ0) is 14.0. The number of carbonyl (C=O) groups excluding carboxylic acids is 1. The maximum Gasteiger partial charge on any atom is 0.223 e. The van der Waals surface area contributed by atoms with Crippen LogP contribution >= 0.6 is 0 Å². The number of hydrogen-bond donors (Lipinski definition) is 2. The van der Waals surface area contributed by atoms with Crippen molar-refractivity contribution in [2.24, 2.45) is 11.7 Å². The van der Waals surface area contributed by atoms with Gasteiger partial charge in [-0.25, -0.2) is 0 Å². The van der Waals surface area contributed by atoms with Crippen LogP contribution in [0.2, 0.25) is 0 Å². The van der Waals surface area contributed by atoms with Gasteiger partial charge >= 0.3 is 0 Å². The second-order valence-corrected chi connectivity index (χ2v) is 5.76. The summed E-state index contributed by atoms with van der Waals surface area (Å²) in [5.74, 6) is 0.319. The van der Waals surface area contributed by atoms with Crippen molar-refractivity contribution in [1.82, 2.24) is 5.32 Å². The average Bonchev–Trinajstić information content (AvgIpc) is 2.35. The molecule has 3 nitrogen and oxygen atoms in total. The zero-order valence-corrected chi connectivity index (χ0v) is 12.1. The molecule has 0 radical (unpaired) electrons. The molecular weight excluding hydrogens is 236 g/mol. The van der Waals surface area contributed by atoms with E-state index in [1.807, 2.05) is 0 Å². The van der Waals surface area contributed by atoms with E-state index in [-0.39, 0.29) is 17.9 Å². The van der Waals surface area contributed by atoms with Gasteiger partial charge in [0.05, 0.1) is 0 Å². The normalized spacial score (nSPS) is 21.9. The fourth-order valence-corrected chi connectivity index (χ4v) is 2.62. The molecule has 1 aromatic carbocycles. The fourth-order valence-electron chi connectivity index (χ4n) is 2.62. The Labute approximate surface area is 115 Å². The van der Waals surface area contributed by atoms with Gasteiger partial charge < -0.3 is 11.1 Å². The first-order chi connectivity index (χ1) is 8.99. The number of hydrogen-bond acceptors (Lipinski definition) is 2. The minimum Gasteiger partial charge on any atom is -0.356 e. The van der Waals surface area contributed by atoms with E-state index in [0.717, 1.165) is 19.3 Å². The highest BCUT2D eigenvalue weighted by Crippen LogP contribution is 2.25. The summed E-state index contributed by atoms with van der Waals surface area (Å²) >= 11 is 0. The molecule has 0 heterocycles. The molecule has 0 atom stereocenters. The highest BCUT2D eigenvalue weighted by atomic mass is 16.1. The summed E-state index contributed by atoms with van der Waals surface area (Å²) in [6.07, 6.45) is 2.58. The van der Waals surface area contributed by atoms with E-state index in [1.54, 1.807) is 0 Å². The van der Waals surface area contributed by atoms with Crippen LogP contribution in [-0.4, -0.2) is 18.5 Å². The Balaban J connectivity index is 1.83. The van der Waals surface area contributed by atoms with Gasteiger partial charge in [0.1, 0.15) is 0 Å². The molecule has 0 saturated heterocycles. The van der Waals surface area contributed by atoms with Crippen molar-refractivity contribution in [2.45, 2.75) is 46.1 Å². The Hall–Kier alpha value is -1.35. The first-order valence-corrected chi connectivity index (χ1v) is 7.08. The predicted molar refractivity (Wildman–Crippen MR) is 78.1 cm³/mol. The van der Waals surface area contributed by atoms with Crippen molar-refractivity contribution in [1.29, 1.82) is 0 Å².